The molecule has 102 valence electrons. The van der Waals surface area contributed by atoms with Gasteiger partial charge in [-0.2, -0.15) is 18.3 Å². The lowest BCUT2D eigenvalue weighted by Crippen LogP contribution is -2.44. The molecule has 0 spiro atoms. The highest BCUT2D eigenvalue weighted by molar-refractivity contribution is 6.31. The third kappa shape index (κ3) is 2.23. The third-order valence-electron chi connectivity index (χ3n) is 3.39. The predicted octanol–water partition coefficient (Wildman–Crippen LogP) is 2.82. The molecule has 1 N–H and O–H groups in total. The average Bonchev–Trinajstić information content (AvgIpc) is 3.01. The number of aryl methyl sites for hydroxylation is 2. The quantitative estimate of drug-likeness (QED) is 0.920. The van der Waals surface area contributed by atoms with Crippen LogP contribution < -0.4 is 5.32 Å². The van der Waals surface area contributed by atoms with Gasteiger partial charge in [-0.3, -0.25) is 10.00 Å². The van der Waals surface area contributed by atoms with E-state index in [-0.39, 0.29) is 19.4 Å². The highest BCUT2D eigenvalue weighted by Gasteiger charge is 2.63. The Hall–Kier alpha value is -0.750. The summed E-state index contributed by atoms with van der Waals surface area (Å²) < 4.78 is 39.8. The summed E-state index contributed by atoms with van der Waals surface area (Å²) in [7, 11) is 1.69. The van der Waals surface area contributed by atoms with Crippen molar-refractivity contribution in [3.63, 3.8) is 0 Å². The number of nitrogens with one attached hydrogen (secondary N) is 1. The Morgan fingerprint density at radius 1 is 1.44 bits per heavy atom. The van der Waals surface area contributed by atoms with Gasteiger partial charge in [0.25, 0.3) is 0 Å². The molecule has 1 aliphatic carbocycles. The second-order valence-electron chi connectivity index (χ2n) is 4.62. The Bertz CT molecular complexity index is 449. The molecule has 18 heavy (non-hydrogen) atoms. The second kappa shape index (κ2) is 4.42. The number of hydrogen-bond acceptors (Lipinski definition) is 2. The fourth-order valence-corrected chi connectivity index (χ4v) is 2.31. The summed E-state index contributed by atoms with van der Waals surface area (Å²) in [4.78, 5) is 0. The van der Waals surface area contributed by atoms with Gasteiger partial charge in [0.05, 0.1) is 16.4 Å². The standard InChI is InChI=1S/C11H15ClF3N3/c1-3-7-9(12)8(18(2)17-7)6-16-10(4-5-10)11(13,14)15/h16H,3-6H2,1-2H3. The van der Waals surface area contributed by atoms with E-state index in [4.69, 9.17) is 11.6 Å². The van der Waals surface area contributed by atoms with Crippen molar-refractivity contribution >= 4 is 11.6 Å². The molecule has 2 rings (SSSR count). The minimum absolute atomic E-state index is 0.0852. The molecule has 1 saturated carbocycles. The molecular formula is C11H15ClF3N3. The lowest BCUT2D eigenvalue weighted by atomic mass is 10.2. The van der Waals surface area contributed by atoms with Gasteiger partial charge in [0, 0.05) is 13.6 Å². The van der Waals surface area contributed by atoms with E-state index in [0.717, 1.165) is 0 Å². The van der Waals surface area contributed by atoms with Crippen LogP contribution in [0.4, 0.5) is 13.2 Å². The first kappa shape index (κ1) is 13.7. The van der Waals surface area contributed by atoms with Crippen molar-refractivity contribution in [3.8, 4) is 0 Å². The smallest absolute Gasteiger partial charge is 0.298 e. The molecule has 1 aliphatic rings. The Morgan fingerprint density at radius 3 is 2.44 bits per heavy atom. The zero-order chi connectivity index (χ0) is 13.6. The maximum atomic E-state index is 12.8. The highest BCUT2D eigenvalue weighted by atomic mass is 35.5. The summed E-state index contributed by atoms with van der Waals surface area (Å²) in [5.41, 5.74) is -0.399. The summed E-state index contributed by atoms with van der Waals surface area (Å²) >= 11 is 6.09. The van der Waals surface area contributed by atoms with Crippen LogP contribution in [-0.2, 0) is 20.0 Å². The van der Waals surface area contributed by atoms with Crippen molar-refractivity contribution < 1.29 is 13.2 Å². The van der Waals surface area contributed by atoms with E-state index in [1.165, 1.54) is 0 Å². The van der Waals surface area contributed by atoms with E-state index < -0.39 is 11.7 Å². The van der Waals surface area contributed by atoms with E-state index >= 15 is 0 Å². The zero-order valence-corrected chi connectivity index (χ0v) is 11.0. The fourth-order valence-electron chi connectivity index (χ4n) is 1.95. The maximum Gasteiger partial charge on any atom is 0.406 e. The number of hydrogen-bond donors (Lipinski definition) is 1. The highest BCUT2D eigenvalue weighted by Crippen LogP contribution is 2.49. The number of aromatic nitrogens is 2. The molecule has 1 heterocycles. The molecule has 1 fully saturated rings. The largest absolute Gasteiger partial charge is 0.406 e. The van der Waals surface area contributed by atoms with Crippen molar-refractivity contribution in [1.82, 2.24) is 15.1 Å². The minimum atomic E-state index is -4.20. The van der Waals surface area contributed by atoms with Crippen molar-refractivity contribution in [1.29, 1.82) is 0 Å². The van der Waals surface area contributed by atoms with Crippen LogP contribution in [0.2, 0.25) is 5.02 Å². The van der Waals surface area contributed by atoms with Crippen molar-refractivity contribution in [2.45, 2.75) is 44.4 Å². The normalized spacial score (nSPS) is 18.1. The number of halogens is 4. The number of nitrogens with zero attached hydrogens (tertiary/aromatic N) is 2. The molecule has 7 heteroatoms. The molecule has 0 aromatic carbocycles. The Labute approximate surface area is 108 Å². The van der Waals surface area contributed by atoms with Gasteiger partial charge < -0.3 is 0 Å². The van der Waals surface area contributed by atoms with Crippen LogP contribution in [0.15, 0.2) is 0 Å². The lowest BCUT2D eigenvalue weighted by molar-refractivity contribution is -0.166. The molecule has 1 aromatic heterocycles. The van der Waals surface area contributed by atoms with E-state index in [2.05, 4.69) is 10.4 Å². The summed E-state index contributed by atoms with van der Waals surface area (Å²) in [6.45, 7) is 1.99. The molecule has 0 amide bonds. The summed E-state index contributed by atoms with van der Waals surface area (Å²) in [6.07, 6.45) is -3.28. The minimum Gasteiger partial charge on any atom is -0.298 e. The van der Waals surface area contributed by atoms with E-state index in [1.807, 2.05) is 6.92 Å². The summed E-state index contributed by atoms with van der Waals surface area (Å²) in [6, 6.07) is 0. The van der Waals surface area contributed by atoms with Gasteiger partial charge in [-0.25, -0.2) is 0 Å². The first-order chi connectivity index (χ1) is 8.31. The average molecular weight is 282 g/mol. The van der Waals surface area contributed by atoms with Crippen molar-refractivity contribution in [3.05, 3.63) is 16.4 Å². The Morgan fingerprint density at radius 2 is 2.06 bits per heavy atom. The molecule has 0 saturated heterocycles. The van der Waals surface area contributed by atoms with Crippen LogP contribution in [0.25, 0.3) is 0 Å². The Balaban J connectivity index is 2.10. The molecule has 0 bridgehead atoms. The predicted molar refractivity (Wildman–Crippen MR) is 62.5 cm³/mol. The van der Waals surface area contributed by atoms with Gasteiger partial charge in [-0.1, -0.05) is 18.5 Å². The Kier molecular flexibility index (Phi) is 3.36. The van der Waals surface area contributed by atoms with Crippen LogP contribution in [0.5, 0.6) is 0 Å². The van der Waals surface area contributed by atoms with Gasteiger partial charge in [0.15, 0.2) is 0 Å². The summed E-state index contributed by atoms with van der Waals surface area (Å²) in [5.74, 6) is 0. The van der Waals surface area contributed by atoms with E-state index in [9.17, 15) is 13.2 Å². The molecule has 0 unspecified atom stereocenters. The van der Waals surface area contributed by atoms with E-state index in [0.29, 0.717) is 22.8 Å². The van der Waals surface area contributed by atoms with Crippen LogP contribution in [-0.4, -0.2) is 21.5 Å². The number of rotatable bonds is 4. The zero-order valence-electron chi connectivity index (χ0n) is 10.2. The van der Waals surface area contributed by atoms with Crippen molar-refractivity contribution in [2.75, 3.05) is 0 Å². The number of alkyl halides is 3. The van der Waals surface area contributed by atoms with E-state index in [1.54, 1.807) is 11.7 Å². The second-order valence-corrected chi connectivity index (χ2v) is 5.00. The fraction of sp³-hybridized carbons (Fsp3) is 0.727. The first-order valence-electron chi connectivity index (χ1n) is 5.83. The van der Waals surface area contributed by atoms with Gasteiger partial charge in [0.2, 0.25) is 0 Å². The molecule has 0 aliphatic heterocycles. The molecule has 3 nitrogen and oxygen atoms in total. The topological polar surface area (TPSA) is 29.9 Å². The van der Waals surface area contributed by atoms with Crippen molar-refractivity contribution in [2.24, 2.45) is 7.05 Å². The summed E-state index contributed by atoms with van der Waals surface area (Å²) in [5, 5.41) is 7.21. The van der Waals surface area contributed by atoms with Gasteiger partial charge in [-0.15, -0.1) is 0 Å². The van der Waals surface area contributed by atoms with Crippen LogP contribution in [0.3, 0.4) is 0 Å². The van der Waals surface area contributed by atoms with Gasteiger partial charge in [0.1, 0.15) is 5.54 Å². The molecule has 0 radical (unpaired) electrons. The first-order valence-corrected chi connectivity index (χ1v) is 6.20. The molecule has 0 atom stereocenters. The maximum absolute atomic E-state index is 12.8. The van der Waals surface area contributed by atoms with Gasteiger partial charge in [-0.05, 0) is 19.3 Å². The van der Waals surface area contributed by atoms with Gasteiger partial charge >= 0.3 is 6.18 Å². The van der Waals surface area contributed by atoms with Crippen LogP contribution >= 0.6 is 11.6 Å². The lowest BCUT2D eigenvalue weighted by Gasteiger charge is -2.20. The monoisotopic (exact) mass is 281 g/mol. The van der Waals surface area contributed by atoms with Crippen LogP contribution in [0.1, 0.15) is 31.2 Å². The molecular weight excluding hydrogens is 267 g/mol. The van der Waals surface area contributed by atoms with Crippen LogP contribution in [0, 0.1) is 0 Å². The SMILES string of the molecule is CCc1nn(C)c(CNC2(C(F)(F)F)CC2)c1Cl. The third-order valence-corrected chi connectivity index (χ3v) is 3.83. The molecule has 1 aromatic rings.